The molecule has 1 aliphatic heterocycles. The monoisotopic (exact) mass is 287 g/mol. The highest BCUT2D eigenvalue weighted by atomic mass is 35.5. The lowest BCUT2D eigenvalue weighted by Crippen LogP contribution is -2.48. The van der Waals surface area contributed by atoms with Gasteiger partial charge in [-0.15, -0.1) is 0 Å². The maximum Gasteiger partial charge on any atom is 0.326 e. The molecular formula is C12H11Cl2NO3. The van der Waals surface area contributed by atoms with Crippen LogP contribution < -0.4 is 4.90 Å². The number of rotatable bonds is 2. The molecule has 2 rings (SSSR count). The number of carbonyl (C=O) groups is 2. The Balaban J connectivity index is 2.46. The summed E-state index contributed by atoms with van der Waals surface area (Å²) in [4.78, 5) is 24.4. The Labute approximate surface area is 114 Å². The van der Waals surface area contributed by atoms with Gasteiger partial charge in [0.1, 0.15) is 6.04 Å². The van der Waals surface area contributed by atoms with Gasteiger partial charge in [0.15, 0.2) is 0 Å². The fourth-order valence-corrected chi connectivity index (χ4v) is 2.45. The minimum Gasteiger partial charge on any atom is -0.480 e. The van der Waals surface area contributed by atoms with E-state index in [1.165, 1.54) is 11.0 Å². The quantitative estimate of drug-likeness (QED) is 0.910. The SMILES string of the molecule is O=C(O)C1CCCC(=O)N1c1cc(Cl)ccc1Cl. The van der Waals surface area contributed by atoms with E-state index in [0.717, 1.165) is 0 Å². The Hall–Kier alpha value is -1.26. The third-order valence-electron chi connectivity index (χ3n) is 2.90. The number of benzene rings is 1. The van der Waals surface area contributed by atoms with Gasteiger partial charge < -0.3 is 5.11 Å². The van der Waals surface area contributed by atoms with E-state index in [1.54, 1.807) is 12.1 Å². The first-order valence-corrected chi connectivity index (χ1v) is 6.26. The Kier molecular flexibility index (Phi) is 3.78. The summed E-state index contributed by atoms with van der Waals surface area (Å²) in [5, 5.41) is 9.91. The maximum absolute atomic E-state index is 11.9. The second-order valence-corrected chi connectivity index (χ2v) is 4.95. The fourth-order valence-electron chi connectivity index (χ4n) is 2.08. The molecule has 6 heteroatoms. The van der Waals surface area contributed by atoms with Gasteiger partial charge in [0.25, 0.3) is 0 Å². The summed E-state index contributed by atoms with van der Waals surface area (Å²) in [7, 11) is 0. The third-order valence-corrected chi connectivity index (χ3v) is 3.46. The lowest BCUT2D eigenvalue weighted by molar-refractivity contribution is -0.141. The molecule has 0 aromatic heterocycles. The van der Waals surface area contributed by atoms with Crippen molar-refractivity contribution in [2.45, 2.75) is 25.3 Å². The highest BCUT2D eigenvalue weighted by molar-refractivity contribution is 6.36. The predicted octanol–water partition coefficient (Wildman–Crippen LogP) is 2.96. The van der Waals surface area contributed by atoms with Crippen LogP contribution in [0.2, 0.25) is 10.0 Å². The largest absolute Gasteiger partial charge is 0.480 e. The van der Waals surface area contributed by atoms with Crippen LogP contribution in [0, 0.1) is 0 Å². The number of carboxylic acids is 1. The molecule has 0 bridgehead atoms. The molecule has 1 amide bonds. The van der Waals surface area contributed by atoms with E-state index in [4.69, 9.17) is 23.2 Å². The zero-order chi connectivity index (χ0) is 13.3. The van der Waals surface area contributed by atoms with Gasteiger partial charge >= 0.3 is 5.97 Å². The van der Waals surface area contributed by atoms with Crippen LogP contribution in [-0.4, -0.2) is 23.0 Å². The highest BCUT2D eigenvalue weighted by Gasteiger charge is 2.35. The van der Waals surface area contributed by atoms with Gasteiger partial charge in [0.05, 0.1) is 10.7 Å². The van der Waals surface area contributed by atoms with E-state index in [1.807, 2.05) is 0 Å². The summed E-state index contributed by atoms with van der Waals surface area (Å²) in [5.41, 5.74) is 0.362. The Morgan fingerprint density at radius 1 is 1.39 bits per heavy atom. The van der Waals surface area contributed by atoms with Crippen molar-refractivity contribution in [3.05, 3.63) is 28.2 Å². The number of piperidine rings is 1. The van der Waals surface area contributed by atoms with Gasteiger partial charge in [0.2, 0.25) is 5.91 Å². The van der Waals surface area contributed by atoms with E-state index >= 15 is 0 Å². The van der Waals surface area contributed by atoms with Crippen molar-refractivity contribution in [3.8, 4) is 0 Å². The fraction of sp³-hybridized carbons (Fsp3) is 0.333. The molecule has 1 atom stereocenters. The average molecular weight is 288 g/mol. The first kappa shape index (κ1) is 13.2. The van der Waals surface area contributed by atoms with E-state index in [2.05, 4.69) is 0 Å². The summed E-state index contributed by atoms with van der Waals surface area (Å²) in [6.45, 7) is 0. The molecule has 1 saturated heterocycles. The Bertz CT molecular complexity index is 504. The number of amides is 1. The van der Waals surface area contributed by atoms with E-state index < -0.39 is 12.0 Å². The summed E-state index contributed by atoms with van der Waals surface area (Å²) < 4.78 is 0. The summed E-state index contributed by atoms with van der Waals surface area (Å²) >= 11 is 11.9. The van der Waals surface area contributed by atoms with Crippen LogP contribution in [0.5, 0.6) is 0 Å². The number of hydrogen-bond acceptors (Lipinski definition) is 2. The van der Waals surface area contributed by atoms with Crippen molar-refractivity contribution in [2.75, 3.05) is 4.90 Å². The van der Waals surface area contributed by atoms with Crippen molar-refractivity contribution < 1.29 is 14.7 Å². The average Bonchev–Trinajstić information content (AvgIpc) is 2.32. The van der Waals surface area contributed by atoms with Crippen LogP contribution in [0.1, 0.15) is 19.3 Å². The number of anilines is 1. The van der Waals surface area contributed by atoms with Crippen molar-refractivity contribution in [1.82, 2.24) is 0 Å². The van der Waals surface area contributed by atoms with Crippen molar-refractivity contribution in [1.29, 1.82) is 0 Å². The Morgan fingerprint density at radius 3 is 2.78 bits per heavy atom. The van der Waals surface area contributed by atoms with Gasteiger partial charge in [-0.05, 0) is 31.0 Å². The number of carbonyl (C=O) groups excluding carboxylic acids is 1. The first-order chi connectivity index (χ1) is 8.50. The molecule has 1 heterocycles. The first-order valence-electron chi connectivity index (χ1n) is 5.50. The molecule has 1 N–H and O–H groups in total. The number of aliphatic carboxylic acids is 1. The standard InChI is InChI=1S/C12H11Cl2NO3/c13-7-4-5-8(14)10(6-7)15-9(12(17)18)2-1-3-11(15)16/h4-6,9H,1-3H2,(H,17,18). The van der Waals surface area contributed by atoms with Gasteiger partial charge in [-0.1, -0.05) is 23.2 Å². The zero-order valence-electron chi connectivity index (χ0n) is 9.40. The molecule has 96 valence electrons. The third kappa shape index (κ3) is 2.44. The number of carboxylic acid groups (broad SMARTS) is 1. The van der Waals surface area contributed by atoms with Gasteiger partial charge in [0, 0.05) is 11.4 Å². The topological polar surface area (TPSA) is 57.6 Å². The van der Waals surface area contributed by atoms with Gasteiger partial charge in [-0.2, -0.15) is 0 Å². The maximum atomic E-state index is 11.9. The molecule has 0 saturated carbocycles. The molecule has 1 aromatic carbocycles. The zero-order valence-corrected chi connectivity index (χ0v) is 10.9. The molecule has 4 nitrogen and oxygen atoms in total. The number of halogens is 2. The smallest absolute Gasteiger partial charge is 0.326 e. The summed E-state index contributed by atoms with van der Waals surface area (Å²) in [5.74, 6) is -1.27. The summed E-state index contributed by atoms with van der Waals surface area (Å²) in [6, 6.07) is 3.79. The lowest BCUT2D eigenvalue weighted by Gasteiger charge is -2.33. The molecule has 1 fully saturated rings. The number of hydrogen-bond donors (Lipinski definition) is 1. The van der Waals surface area contributed by atoms with Crippen LogP contribution >= 0.6 is 23.2 Å². The summed E-state index contributed by atoms with van der Waals surface area (Å²) in [6.07, 6.45) is 1.32. The van der Waals surface area contributed by atoms with Crippen LogP contribution in [0.15, 0.2) is 18.2 Å². The van der Waals surface area contributed by atoms with Crippen molar-refractivity contribution in [2.24, 2.45) is 0 Å². The molecule has 18 heavy (non-hydrogen) atoms. The van der Waals surface area contributed by atoms with Crippen LogP contribution in [0.3, 0.4) is 0 Å². The molecular weight excluding hydrogens is 277 g/mol. The van der Waals surface area contributed by atoms with E-state index in [-0.39, 0.29) is 5.91 Å². The minimum atomic E-state index is -1.03. The van der Waals surface area contributed by atoms with E-state index in [9.17, 15) is 14.7 Å². The lowest BCUT2D eigenvalue weighted by atomic mass is 10.0. The van der Waals surface area contributed by atoms with Crippen LogP contribution in [0.25, 0.3) is 0 Å². The molecule has 1 unspecified atom stereocenters. The molecule has 1 aromatic rings. The van der Waals surface area contributed by atoms with Gasteiger partial charge in [-0.25, -0.2) is 4.79 Å². The van der Waals surface area contributed by atoms with Crippen LogP contribution in [0.4, 0.5) is 5.69 Å². The van der Waals surface area contributed by atoms with Gasteiger partial charge in [-0.3, -0.25) is 9.69 Å². The molecule has 1 aliphatic rings. The normalized spacial score (nSPS) is 20.0. The second kappa shape index (κ2) is 5.16. The highest BCUT2D eigenvalue weighted by Crippen LogP contribution is 2.34. The molecule has 0 radical (unpaired) electrons. The van der Waals surface area contributed by atoms with Crippen LogP contribution in [-0.2, 0) is 9.59 Å². The predicted molar refractivity (Wildman–Crippen MR) is 69.2 cm³/mol. The minimum absolute atomic E-state index is 0.238. The van der Waals surface area contributed by atoms with Crippen molar-refractivity contribution in [3.63, 3.8) is 0 Å². The molecule has 0 spiro atoms. The van der Waals surface area contributed by atoms with E-state index in [0.29, 0.717) is 35.0 Å². The molecule has 0 aliphatic carbocycles. The van der Waals surface area contributed by atoms with Crippen molar-refractivity contribution >= 4 is 40.8 Å². The number of nitrogens with zero attached hydrogens (tertiary/aromatic N) is 1. The Morgan fingerprint density at radius 2 is 2.11 bits per heavy atom. The second-order valence-electron chi connectivity index (χ2n) is 4.11.